The van der Waals surface area contributed by atoms with Crippen LogP contribution in [0.15, 0.2) is 17.0 Å². The van der Waals surface area contributed by atoms with Crippen LogP contribution in [0.2, 0.25) is 0 Å². The molecule has 0 amide bonds. The van der Waals surface area contributed by atoms with Crippen LogP contribution in [0.3, 0.4) is 0 Å². The minimum atomic E-state index is -4.28. The van der Waals surface area contributed by atoms with Crippen LogP contribution >= 0.6 is 0 Å². The summed E-state index contributed by atoms with van der Waals surface area (Å²) in [6.45, 7) is 1.96. The van der Waals surface area contributed by atoms with Crippen LogP contribution in [-0.2, 0) is 10.0 Å². The molecule has 1 aromatic carbocycles. The first-order valence-corrected chi connectivity index (χ1v) is 7.67. The van der Waals surface area contributed by atoms with Crippen LogP contribution in [-0.4, -0.2) is 21.0 Å². The van der Waals surface area contributed by atoms with Gasteiger partial charge in [0, 0.05) is 12.6 Å². The highest BCUT2D eigenvalue weighted by molar-refractivity contribution is 7.89. The van der Waals surface area contributed by atoms with E-state index in [1.807, 2.05) is 6.92 Å². The van der Waals surface area contributed by atoms with Crippen molar-refractivity contribution in [3.63, 3.8) is 0 Å². The van der Waals surface area contributed by atoms with Crippen molar-refractivity contribution in [3.05, 3.63) is 29.6 Å². The van der Waals surface area contributed by atoms with Gasteiger partial charge in [-0.3, -0.25) is 0 Å². The summed E-state index contributed by atoms with van der Waals surface area (Å²) in [5.74, 6) is -4.99. The Balaban J connectivity index is 3.02. The lowest BCUT2D eigenvalue weighted by atomic mass is 10.1. The Morgan fingerprint density at radius 3 is 2.45 bits per heavy atom. The Morgan fingerprint density at radius 2 is 1.90 bits per heavy atom. The SMILES string of the molecule is CCCCC(CN)NS(=O)(=O)c1ccc(F)c(F)c1F. The number of nitrogens with two attached hydrogens (primary N) is 1. The third kappa shape index (κ3) is 3.94. The molecular weight excluding hydrogens is 293 g/mol. The van der Waals surface area contributed by atoms with Gasteiger partial charge in [-0.15, -0.1) is 0 Å². The zero-order valence-electron chi connectivity index (χ0n) is 11.0. The van der Waals surface area contributed by atoms with Crippen LogP contribution in [0.4, 0.5) is 13.2 Å². The molecule has 1 atom stereocenters. The summed E-state index contributed by atoms with van der Waals surface area (Å²) in [5.41, 5.74) is 5.44. The molecule has 114 valence electrons. The van der Waals surface area contributed by atoms with Crippen molar-refractivity contribution in [2.75, 3.05) is 6.54 Å². The fourth-order valence-corrected chi connectivity index (χ4v) is 3.03. The smallest absolute Gasteiger partial charge is 0.243 e. The van der Waals surface area contributed by atoms with Gasteiger partial charge in [-0.25, -0.2) is 26.3 Å². The van der Waals surface area contributed by atoms with E-state index in [0.29, 0.717) is 18.6 Å². The Bertz CT molecular complexity index is 564. The lowest BCUT2D eigenvalue weighted by Gasteiger charge is -2.17. The minimum absolute atomic E-state index is 0.0323. The van der Waals surface area contributed by atoms with E-state index < -0.39 is 38.4 Å². The van der Waals surface area contributed by atoms with Crippen molar-refractivity contribution in [3.8, 4) is 0 Å². The summed E-state index contributed by atoms with van der Waals surface area (Å²) < 4.78 is 65.5. The third-order valence-electron chi connectivity index (χ3n) is 2.80. The maximum Gasteiger partial charge on any atom is 0.243 e. The molecule has 0 aliphatic heterocycles. The molecule has 4 nitrogen and oxygen atoms in total. The number of rotatable bonds is 7. The summed E-state index contributed by atoms with van der Waals surface area (Å²) in [6, 6.07) is 0.674. The molecule has 1 rings (SSSR count). The van der Waals surface area contributed by atoms with Gasteiger partial charge in [0.1, 0.15) is 4.90 Å². The number of sulfonamides is 1. The van der Waals surface area contributed by atoms with Crippen molar-refractivity contribution in [2.24, 2.45) is 5.73 Å². The van der Waals surface area contributed by atoms with Crippen molar-refractivity contribution >= 4 is 10.0 Å². The highest BCUT2D eigenvalue weighted by atomic mass is 32.2. The summed E-state index contributed by atoms with van der Waals surface area (Å²) in [4.78, 5) is -0.925. The molecule has 0 heterocycles. The first-order chi connectivity index (χ1) is 9.33. The molecule has 20 heavy (non-hydrogen) atoms. The molecule has 0 spiro atoms. The Labute approximate surface area is 116 Å². The second-order valence-corrected chi connectivity index (χ2v) is 6.05. The van der Waals surface area contributed by atoms with Crippen molar-refractivity contribution < 1.29 is 21.6 Å². The number of nitrogens with one attached hydrogen (secondary N) is 1. The highest BCUT2D eigenvalue weighted by Gasteiger charge is 2.26. The molecular formula is C12H17F3N2O2S. The topological polar surface area (TPSA) is 72.2 Å². The lowest BCUT2D eigenvalue weighted by molar-refractivity contribution is 0.430. The molecule has 1 unspecified atom stereocenters. The van der Waals surface area contributed by atoms with Gasteiger partial charge >= 0.3 is 0 Å². The maximum absolute atomic E-state index is 13.5. The Morgan fingerprint density at radius 1 is 1.25 bits per heavy atom. The molecule has 0 aliphatic carbocycles. The normalized spacial score (nSPS) is 13.4. The zero-order valence-corrected chi connectivity index (χ0v) is 11.8. The fraction of sp³-hybridized carbons (Fsp3) is 0.500. The lowest BCUT2D eigenvalue weighted by Crippen LogP contribution is -2.40. The van der Waals surface area contributed by atoms with Crippen molar-refractivity contribution in [2.45, 2.75) is 37.1 Å². The predicted molar refractivity (Wildman–Crippen MR) is 69.0 cm³/mol. The van der Waals surface area contributed by atoms with Gasteiger partial charge in [0.05, 0.1) is 0 Å². The first-order valence-electron chi connectivity index (χ1n) is 6.19. The van der Waals surface area contributed by atoms with Crippen LogP contribution < -0.4 is 10.5 Å². The maximum atomic E-state index is 13.5. The number of hydrogen-bond acceptors (Lipinski definition) is 3. The largest absolute Gasteiger partial charge is 0.329 e. The molecule has 0 saturated heterocycles. The molecule has 1 aromatic rings. The number of halogens is 3. The van der Waals surface area contributed by atoms with Gasteiger partial charge < -0.3 is 5.73 Å². The summed E-state index contributed by atoms with van der Waals surface area (Å²) in [5, 5.41) is 0. The Hall–Kier alpha value is -1.12. The zero-order chi connectivity index (χ0) is 15.3. The van der Waals surface area contributed by atoms with E-state index in [0.717, 1.165) is 12.8 Å². The van der Waals surface area contributed by atoms with E-state index in [1.54, 1.807) is 0 Å². The predicted octanol–water partition coefficient (Wildman–Crippen LogP) is 1.90. The third-order valence-corrected chi connectivity index (χ3v) is 4.34. The van der Waals surface area contributed by atoms with Gasteiger partial charge in [-0.2, -0.15) is 0 Å². The average Bonchev–Trinajstić information content (AvgIpc) is 2.40. The quantitative estimate of drug-likeness (QED) is 0.756. The molecule has 0 aromatic heterocycles. The monoisotopic (exact) mass is 310 g/mol. The number of benzene rings is 1. The molecule has 0 bridgehead atoms. The van der Waals surface area contributed by atoms with Crippen LogP contribution in [0.1, 0.15) is 26.2 Å². The summed E-state index contributed by atoms with van der Waals surface area (Å²) >= 11 is 0. The second-order valence-electron chi connectivity index (χ2n) is 4.37. The van der Waals surface area contributed by atoms with Gasteiger partial charge in [0.25, 0.3) is 0 Å². The molecule has 8 heteroatoms. The molecule has 0 fully saturated rings. The van der Waals surface area contributed by atoms with Gasteiger partial charge in [0.2, 0.25) is 10.0 Å². The Kier molecular flexibility index (Phi) is 5.97. The van der Waals surface area contributed by atoms with Crippen molar-refractivity contribution in [1.29, 1.82) is 0 Å². The van der Waals surface area contributed by atoms with E-state index in [2.05, 4.69) is 4.72 Å². The van der Waals surface area contributed by atoms with E-state index in [-0.39, 0.29) is 6.54 Å². The molecule has 0 radical (unpaired) electrons. The molecule has 3 N–H and O–H groups in total. The first kappa shape index (κ1) is 16.9. The second kappa shape index (κ2) is 7.05. The van der Waals surface area contributed by atoms with Gasteiger partial charge in [0.15, 0.2) is 17.5 Å². The molecule has 0 aliphatic rings. The molecule has 0 saturated carbocycles. The van der Waals surface area contributed by atoms with Gasteiger partial charge in [-0.05, 0) is 18.6 Å². The van der Waals surface area contributed by atoms with Crippen LogP contribution in [0.5, 0.6) is 0 Å². The average molecular weight is 310 g/mol. The number of hydrogen-bond donors (Lipinski definition) is 2. The van der Waals surface area contributed by atoms with E-state index >= 15 is 0 Å². The highest BCUT2D eigenvalue weighted by Crippen LogP contribution is 2.20. The van der Waals surface area contributed by atoms with E-state index in [9.17, 15) is 21.6 Å². The van der Waals surface area contributed by atoms with Gasteiger partial charge in [-0.1, -0.05) is 19.8 Å². The fourth-order valence-electron chi connectivity index (χ4n) is 1.67. The van der Waals surface area contributed by atoms with Crippen LogP contribution in [0, 0.1) is 17.5 Å². The van der Waals surface area contributed by atoms with E-state index in [1.165, 1.54) is 0 Å². The summed E-state index contributed by atoms with van der Waals surface area (Å²) in [7, 11) is -4.28. The van der Waals surface area contributed by atoms with Crippen molar-refractivity contribution in [1.82, 2.24) is 4.72 Å². The summed E-state index contributed by atoms with van der Waals surface area (Å²) in [6.07, 6.45) is 2.07. The van der Waals surface area contributed by atoms with Crippen LogP contribution in [0.25, 0.3) is 0 Å². The number of unbranched alkanes of at least 4 members (excludes halogenated alkanes) is 1. The standard InChI is InChI=1S/C12H17F3N2O2S/c1-2-3-4-8(7-16)17-20(18,19)10-6-5-9(13)11(14)12(10)15/h5-6,8,17H,2-4,7,16H2,1H3. The van der Waals surface area contributed by atoms with E-state index in [4.69, 9.17) is 5.73 Å². The minimum Gasteiger partial charge on any atom is -0.329 e.